The van der Waals surface area contributed by atoms with Gasteiger partial charge in [0, 0.05) is 19.1 Å². The highest BCUT2D eigenvalue weighted by atomic mass is 79.9. The Kier molecular flexibility index (Phi) is 3.91. The maximum absolute atomic E-state index is 6.29. The topological polar surface area (TPSA) is 26.0 Å². The summed E-state index contributed by atoms with van der Waals surface area (Å²) < 4.78 is 2.18. The molecule has 0 saturated carbocycles. The van der Waals surface area contributed by atoms with E-state index in [1.165, 1.54) is 20.2 Å². The van der Waals surface area contributed by atoms with E-state index in [0.29, 0.717) is 0 Å². The average molecular weight is 381 g/mol. The maximum Gasteiger partial charge on any atom is 0.0843 e. The molecule has 0 radical (unpaired) electrons. The van der Waals surface area contributed by atoms with Crippen molar-refractivity contribution in [1.29, 1.82) is 0 Å². The number of hydrogen-bond donors (Lipinski definition) is 1. The quantitative estimate of drug-likeness (QED) is 0.779. The first-order valence-corrected chi connectivity index (χ1v) is 7.98. The van der Waals surface area contributed by atoms with E-state index in [1.807, 2.05) is 0 Å². The van der Waals surface area contributed by atoms with Gasteiger partial charge < -0.3 is 5.73 Å². The van der Waals surface area contributed by atoms with Gasteiger partial charge in [0.15, 0.2) is 0 Å². The Labute approximate surface area is 120 Å². The van der Waals surface area contributed by atoms with Gasteiger partial charge in [-0.15, -0.1) is 22.7 Å². The second-order valence-electron chi connectivity index (χ2n) is 3.65. The molecule has 0 saturated heterocycles. The van der Waals surface area contributed by atoms with Crippen molar-refractivity contribution in [3.8, 4) is 0 Å². The lowest BCUT2D eigenvalue weighted by molar-refractivity contribution is 0.907. The van der Waals surface area contributed by atoms with Crippen molar-refractivity contribution in [2.24, 2.45) is 5.73 Å². The van der Waals surface area contributed by atoms with Gasteiger partial charge in [-0.25, -0.2) is 0 Å². The molecule has 2 aromatic heterocycles. The Morgan fingerprint density at radius 3 is 2.31 bits per heavy atom. The number of nitrogens with two attached hydrogens (primary N) is 1. The monoisotopic (exact) mass is 379 g/mol. The molecule has 0 spiro atoms. The summed E-state index contributed by atoms with van der Waals surface area (Å²) in [6.07, 6.45) is 0. The first kappa shape index (κ1) is 12.8. The molecule has 2 aromatic rings. The minimum Gasteiger partial charge on any atom is -0.319 e. The van der Waals surface area contributed by atoms with Gasteiger partial charge in [0.2, 0.25) is 0 Å². The van der Waals surface area contributed by atoms with Crippen LogP contribution in [0.1, 0.15) is 26.2 Å². The Bertz CT molecular complexity index is 497. The Morgan fingerprint density at radius 1 is 1.19 bits per heavy atom. The van der Waals surface area contributed by atoms with Crippen LogP contribution in [0.3, 0.4) is 0 Å². The molecule has 16 heavy (non-hydrogen) atoms. The lowest BCUT2D eigenvalue weighted by atomic mass is 10.1. The Hall–Kier alpha value is 0.320. The Morgan fingerprint density at radius 2 is 1.88 bits per heavy atom. The molecule has 1 unspecified atom stereocenters. The van der Waals surface area contributed by atoms with Crippen molar-refractivity contribution in [2.75, 3.05) is 0 Å². The van der Waals surface area contributed by atoms with Gasteiger partial charge in [-0.2, -0.15) is 0 Å². The van der Waals surface area contributed by atoms with Crippen LogP contribution < -0.4 is 5.73 Å². The molecule has 1 atom stereocenters. The molecule has 0 aliphatic rings. The number of rotatable bonds is 2. The summed E-state index contributed by atoms with van der Waals surface area (Å²) >= 11 is 10.5. The van der Waals surface area contributed by atoms with Crippen molar-refractivity contribution < 1.29 is 0 Å². The molecule has 0 fully saturated rings. The van der Waals surface area contributed by atoms with Crippen LogP contribution in [-0.4, -0.2) is 0 Å². The molecule has 0 aliphatic carbocycles. The number of thiophene rings is 2. The third kappa shape index (κ3) is 2.43. The normalized spacial score (nSPS) is 13.1. The second-order valence-corrected chi connectivity index (χ2v) is 8.20. The zero-order valence-electron chi connectivity index (χ0n) is 8.88. The smallest absolute Gasteiger partial charge is 0.0843 e. The lowest BCUT2D eigenvalue weighted by Gasteiger charge is -2.08. The summed E-state index contributed by atoms with van der Waals surface area (Å²) in [5, 5.41) is 0. The van der Waals surface area contributed by atoms with E-state index >= 15 is 0 Å². The fraction of sp³-hybridized carbons (Fsp3) is 0.273. The van der Waals surface area contributed by atoms with E-state index in [1.54, 1.807) is 22.7 Å². The van der Waals surface area contributed by atoms with Gasteiger partial charge in [-0.3, -0.25) is 0 Å². The van der Waals surface area contributed by atoms with Crippen molar-refractivity contribution in [2.45, 2.75) is 19.9 Å². The zero-order chi connectivity index (χ0) is 11.9. The van der Waals surface area contributed by atoms with E-state index in [4.69, 9.17) is 5.73 Å². The third-order valence-electron chi connectivity index (χ3n) is 2.33. The largest absolute Gasteiger partial charge is 0.319 e. The fourth-order valence-electron chi connectivity index (χ4n) is 1.61. The van der Waals surface area contributed by atoms with Crippen molar-refractivity contribution >= 4 is 54.5 Å². The SMILES string of the molecule is Cc1cc(C)c(C(N)c2cc(Br)c(Br)s2)s1. The highest BCUT2D eigenvalue weighted by molar-refractivity contribution is 9.13. The van der Waals surface area contributed by atoms with Crippen LogP contribution in [-0.2, 0) is 0 Å². The van der Waals surface area contributed by atoms with Gasteiger partial charge >= 0.3 is 0 Å². The van der Waals surface area contributed by atoms with Crippen LogP contribution in [0, 0.1) is 13.8 Å². The molecular weight excluding hydrogens is 370 g/mol. The molecule has 0 amide bonds. The Balaban J connectivity index is 2.38. The molecular formula is C11H11Br2NS2. The van der Waals surface area contributed by atoms with Crippen molar-refractivity contribution in [3.05, 3.63) is 40.6 Å². The first-order valence-electron chi connectivity index (χ1n) is 4.76. The minimum atomic E-state index is -0.00806. The van der Waals surface area contributed by atoms with E-state index < -0.39 is 0 Å². The van der Waals surface area contributed by atoms with Gasteiger partial charge in [0.25, 0.3) is 0 Å². The molecule has 0 bridgehead atoms. The minimum absolute atomic E-state index is 0.00806. The van der Waals surface area contributed by atoms with E-state index in [9.17, 15) is 0 Å². The van der Waals surface area contributed by atoms with Gasteiger partial charge in [-0.05, 0) is 63.4 Å². The summed E-state index contributed by atoms with van der Waals surface area (Å²) in [6.45, 7) is 4.24. The van der Waals surface area contributed by atoms with Crippen LogP contribution in [0.5, 0.6) is 0 Å². The summed E-state index contributed by atoms with van der Waals surface area (Å²) in [4.78, 5) is 3.76. The molecule has 2 heterocycles. The van der Waals surface area contributed by atoms with Gasteiger partial charge in [0.05, 0.1) is 9.83 Å². The molecule has 0 aromatic carbocycles. The van der Waals surface area contributed by atoms with Crippen molar-refractivity contribution in [1.82, 2.24) is 0 Å². The second kappa shape index (κ2) is 4.90. The molecule has 1 nitrogen and oxygen atoms in total. The van der Waals surface area contributed by atoms with Gasteiger partial charge in [-0.1, -0.05) is 0 Å². The summed E-state index contributed by atoms with van der Waals surface area (Å²) in [5.41, 5.74) is 7.58. The highest BCUT2D eigenvalue weighted by Crippen LogP contribution is 2.39. The molecule has 86 valence electrons. The van der Waals surface area contributed by atoms with Gasteiger partial charge in [0.1, 0.15) is 0 Å². The standard InChI is InChI=1S/C11H11Br2NS2/c1-5-3-6(2)15-10(5)9(14)8-4-7(12)11(13)16-8/h3-4,9H,14H2,1-2H3. The number of hydrogen-bond acceptors (Lipinski definition) is 3. The first-order chi connectivity index (χ1) is 7.49. The summed E-state index contributed by atoms with van der Waals surface area (Å²) in [5.74, 6) is 0. The third-order valence-corrected chi connectivity index (χ3v) is 6.91. The molecule has 2 rings (SSSR count). The van der Waals surface area contributed by atoms with Crippen LogP contribution in [0.15, 0.2) is 20.4 Å². The maximum atomic E-state index is 6.29. The molecule has 0 aliphatic heterocycles. The molecule has 5 heteroatoms. The average Bonchev–Trinajstić information content (AvgIpc) is 2.70. The van der Waals surface area contributed by atoms with Crippen LogP contribution in [0.4, 0.5) is 0 Å². The highest BCUT2D eigenvalue weighted by Gasteiger charge is 2.17. The van der Waals surface area contributed by atoms with E-state index in [-0.39, 0.29) is 6.04 Å². The molecule has 2 N–H and O–H groups in total. The van der Waals surface area contributed by atoms with Crippen LogP contribution >= 0.6 is 54.5 Å². The zero-order valence-corrected chi connectivity index (χ0v) is 13.7. The predicted molar refractivity (Wildman–Crippen MR) is 79.5 cm³/mol. The number of aryl methyl sites for hydroxylation is 2. The lowest BCUT2D eigenvalue weighted by Crippen LogP contribution is -2.09. The van der Waals surface area contributed by atoms with Crippen LogP contribution in [0.25, 0.3) is 0 Å². The number of halogens is 2. The predicted octanol–water partition coefficient (Wildman–Crippen LogP) is 5.00. The van der Waals surface area contributed by atoms with Crippen molar-refractivity contribution in [3.63, 3.8) is 0 Å². The fourth-order valence-corrected chi connectivity index (χ4v) is 4.85. The van der Waals surface area contributed by atoms with E-state index in [0.717, 1.165) is 8.26 Å². The van der Waals surface area contributed by atoms with Crippen LogP contribution in [0.2, 0.25) is 0 Å². The summed E-state index contributed by atoms with van der Waals surface area (Å²) in [6, 6.07) is 4.28. The van der Waals surface area contributed by atoms with E-state index in [2.05, 4.69) is 57.8 Å². The summed E-state index contributed by atoms with van der Waals surface area (Å²) in [7, 11) is 0.